The monoisotopic (exact) mass is 352 g/mol. The van der Waals surface area contributed by atoms with E-state index >= 15 is 0 Å². The topological polar surface area (TPSA) is 40.6 Å². The molecule has 1 atom stereocenters. The van der Waals surface area contributed by atoms with Crippen molar-refractivity contribution in [2.24, 2.45) is 0 Å². The van der Waals surface area contributed by atoms with Gasteiger partial charge in [-0.25, -0.2) is 0 Å². The van der Waals surface area contributed by atoms with Crippen LogP contribution in [-0.2, 0) is 16.1 Å². The van der Waals surface area contributed by atoms with Gasteiger partial charge in [-0.1, -0.05) is 40.5 Å². The van der Waals surface area contributed by atoms with Crippen molar-refractivity contribution in [2.45, 2.75) is 31.8 Å². The van der Waals surface area contributed by atoms with E-state index in [2.05, 4.69) is 15.9 Å². The molecule has 1 heterocycles. The van der Waals surface area contributed by atoms with Crippen LogP contribution in [0.25, 0.3) is 0 Å². The van der Waals surface area contributed by atoms with Gasteiger partial charge in [-0.05, 0) is 31.0 Å². The molecule has 1 aromatic rings. The maximum absolute atomic E-state index is 12.3. The normalized spacial score (nSPS) is 19.2. The molecule has 0 aromatic heterocycles. The van der Waals surface area contributed by atoms with Gasteiger partial charge in [-0.15, -0.1) is 0 Å². The molecule has 4 nitrogen and oxygen atoms in total. The van der Waals surface area contributed by atoms with E-state index in [9.17, 15) is 9.59 Å². The largest absolute Gasteiger partial charge is 0.340 e. The molecule has 1 aliphatic heterocycles. The van der Waals surface area contributed by atoms with E-state index in [1.54, 1.807) is 4.90 Å². The Morgan fingerprint density at radius 3 is 2.90 bits per heavy atom. The Bertz CT molecular complexity index is 507. The maximum Gasteiger partial charge on any atom is 0.236 e. The van der Waals surface area contributed by atoms with Gasteiger partial charge in [0.1, 0.15) is 6.29 Å². The Labute approximate surface area is 134 Å². The number of halogens is 1. The molecule has 1 aromatic carbocycles. The number of hydrogen-bond acceptors (Lipinski definition) is 3. The zero-order valence-corrected chi connectivity index (χ0v) is 13.9. The van der Waals surface area contributed by atoms with Crippen LogP contribution in [0.5, 0.6) is 0 Å². The predicted molar refractivity (Wildman–Crippen MR) is 85.9 cm³/mol. The highest BCUT2D eigenvalue weighted by atomic mass is 79.9. The minimum atomic E-state index is -0.0976. The van der Waals surface area contributed by atoms with Crippen LogP contribution in [0.3, 0.4) is 0 Å². The summed E-state index contributed by atoms with van der Waals surface area (Å²) in [4.78, 5) is 27.1. The molecule has 0 bridgehead atoms. The summed E-state index contributed by atoms with van der Waals surface area (Å²) in [6.45, 7) is 1.72. The van der Waals surface area contributed by atoms with Crippen molar-refractivity contribution in [1.29, 1.82) is 0 Å². The smallest absolute Gasteiger partial charge is 0.236 e. The van der Waals surface area contributed by atoms with Crippen molar-refractivity contribution < 1.29 is 9.59 Å². The molecule has 1 amide bonds. The number of likely N-dealkylation sites (tertiary alicyclic amines) is 1. The lowest BCUT2D eigenvalue weighted by atomic mass is 10.0. The number of likely N-dealkylation sites (N-methyl/N-ethyl adjacent to an activating group) is 1. The number of benzene rings is 1. The fourth-order valence-corrected chi connectivity index (χ4v) is 3.04. The predicted octanol–water partition coefficient (Wildman–Crippen LogP) is 2.46. The Morgan fingerprint density at radius 1 is 1.43 bits per heavy atom. The summed E-state index contributed by atoms with van der Waals surface area (Å²) >= 11 is 3.50. The maximum atomic E-state index is 12.3. The Morgan fingerprint density at radius 2 is 2.19 bits per heavy atom. The molecule has 2 rings (SSSR count). The van der Waals surface area contributed by atoms with E-state index in [0.717, 1.165) is 42.1 Å². The molecule has 0 saturated carbocycles. The highest BCUT2D eigenvalue weighted by Gasteiger charge is 2.24. The molecule has 1 aliphatic rings. The second-order valence-corrected chi connectivity index (χ2v) is 6.37. The Balaban J connectivity index is 1.93. The summed E-state index contributed by atoms with van der Waals surface area (Å²) in [7, 11) is 1.81. The fraction of sp³-hybridized carbons (Fsp3) is 0.500. The molecule has 0 spiro atoms. The third-order valence-corrected chi connectivity index (χ3v) is 4.72. The van der Waals surface area contributed by atoms with Crippen molar-refractivity contribution >= 4 is 28.1 Å². The van der Waals surface area contributed by atoms with E-state index in [1.165, 1.54) is 0 Å². The molecule has 21 heavy (non-hydrogen) atoms. The second kappa shape index (κ2) is 7.71. The number of amides is 1. The van der Waals surface area contributed by atoms with E-state index in [0.29, 0.717) is 13.1 Å². The second-order valence-electron chi connectivity index (χ2n) is 5.51. The summed E-state index contributed by atoms with van der Waals surface area (Å²) in [6, 6.07) is 7.80. The summed E-state index contributed by atoms with van der Waals surface area (Å²) in [6.07, 6.45) is 3.97. The number of rotatable bonds is 5. The van der Waals surface area contributed by atoms with Crippen molar-refractivity contribution in [2.75, 3.05) is 20.1 Å². The molecular formula is C16H21BrN2O2. The Kier molecular flexibility index (Phi) is 5.94. The minimum Gasteiger partial charge on any atom is -0.340 e. The van der Waals surface area contributed by atoms with Crippen LogP contribution < -0.4 is 0 Å². The molecule has 114 valence electrons. The summed E-state index contributed by atoms with van der Waals surface area (Å²) < 4.78 is 1.01. The highest BCUT2D eigenvalue weighted by Crippen LogP contribution is 2.18. The number of carbonyl (C=O) groups excluding carboxylic acids is 2. The first-order chi connectivity index (χ1) is 10.1. The van der Waals surface area contributed by atoms with Gasteiger partial charge in [0.15, 0.2) is 0 Å². The zero-order chi connectivity index (χ0) is 15.2. The van der Waals surface area contributed by atoms with Crippen LogP contribution in [0, 0.1) is 0 Å². The summed E-state index contributed by atoms with van der Waals surface area (Å²) in [5.74, 6) is 0.0551. The number of nitrogens with zero attached hydrogens (tertiary/aromatic N) is 2. The average Bonchev–Trinajstić information content (AvgIpc) is 2.50. The third kappa shape index (κ3) is 4.38. The SMILES string of the molecule is CN(Cc1ccccc1Br)C(=O)CN1CCCCC1C=O. The first-order valence-corrected chi connectivity index (χ1v) is 8.08. The van der Waals surface area contributed by atoms with Crippen LogP contribution in [0.4, 0.5) is 0 Å². The minimum absolute atomic E-state index is 0.0551. The number of piperidine rings is 1. The van der Waals surface area contributed by atoms with Crippen LogP contribution >= 0.6 is 15.9 Å². The van der Waals surface area contributed by atoms with Crippen LogP contribution in [0.1, 0.15) is 24.8 Å². The standard InChI is InChI=1S/C16H21BrN2O2/c1-18(10-13-6-2-3-8-15(13)17)16(21)11-19-9-5-4-7-14(19)12-20/h2-3,6,8,12,14H,4-5,7,9-11H2,1H3. The van der Waals surface area contributed by atoms with Gasteiger partial charge in [0, 0.05) is 18.1 Å². The first kappa shape index (κ1) is 16.2. The number of hydrogen-bond donors (Lipinski definition) is 0. The van der Waals surface area contributed by atoms with Crippen molar-refractivity contribution in [3.63, 3.8) is 0 Å². The van der Waals surface area contributed by atoms with E-state index in [4.69, 9.17) is 0 Å². The van der Waals surface area contributed by atoms with Gasteiger partial charge in [0.2, 0.25) is 5.91 Å². The lowest BCUT2D eigenvalue weighted by Gasteiger charge is -2.32. The molecule has 5 heteroatoms. The molecule has 1 saturated heterocycles. The number of carbonyl (C=O) groups is 2. The number of aldehydes is 1. The molecular weight excluding hydrogens is 332 g/mol. The van der Waals surface area contributed by atoms with E-state index in [-0.39, 0.29) is 11.9 Å². The van der Waals surface area contributed by atoms with Crippen LogP contribution in [-0.4, -0.2) is 48.2 Å². The fourth-order valence-electron chi connectivity index (χ4n) is 2.63. The summed E-state index contributed by atoms with van der Waals surface area (Å²) in [5.41, 5.74) is 1.08. The lowest BCUT2D eigenvalue weighted by Crippen LogP contribution is -2.46. The highest BCUT2D eigenvalue weighted by molar-refractivity contribution is 9.10. The van der Waals surface area contributed by atoms with Crippen LogP contribution in [0.2, 0.25) is 0 Å². The quantitative estimate of drug-likeness (QED) is 0.764. The third-order valence-electron chi connectivity index (χ3n) is 3.95. The van der Waals surface area contributed by atoms with Gasteiger partial charge >= 0.3 is 0 Å². The molecule has 1 fully saturated rings. The van der Waals surface area contributed by atoms with Gasteiger partial charge in [0.25, 0.3) is 0 Å². The van der Waals surface area contributed by atoms with E-state index < -0.39 is 0 Å². The molecule has 0 N–H and O–H groups in total. The van der Waals surface area contributed by atoms with E-state index in [1.807, 2.05) is 36.2 Å². The zero-order valence-electron chi connectivity index (χ0n) is 12.3. The molecule has 0 radical (unpaired) electrons. The van der Waals surface area contributed by atoms with Crippen molar-refractivity contribution in [1.82, 2.24) is 9.80 Å². The Hall–Kier alpha value is -1.20. The molecule has 1 unspecified atom stereocenters. The van der Waals surface area contributed by atoms with Crippen LogP contribution in [0.15, 0.2) is 28.7 Å². The van der Waals surface area contributed by atoms with Gasteiger partial charge in [0.05, 0.1) is 12.6 Å². The molecule has 0 aliphatic carbocycles. The average molecular weight is 353 g/mol. The first-order valence-electron chi connectivity index (χ1n) is 7.28. The van der Waals surface area contributed by atoms with Crippen molar-refractivity contribution in [3.05, 3.63) is 34.3 Å². The summed E-state index contributed by atoms with van der Waals surface area (Å²) in [5, 5.41) is 0. The van der Waals surface area contributed by atoms with Gasteiger partial charge in [-0.2, -0.15) is 0 Å². The lowest BCUT2D eigenvalue weighted by molar-refractivity contribution is -0.133. The van der Waals surface area contributed by atoms with Crippen molar-refractivity contribution in [3.8, 4) is 0 Å². The van der Waals surface area contributed by atoms with Gasteiger partial charge < -0.3 is 9.69 Å². The van der Waals surface area contributed by atoms with Gasteiger partial charge in [-0.3, -0.25) is 9.69 Å².